The summed E-state index contributed by atoms with van der Waals surface area (Å²) in [4.78, 5) is 1.26. The zero-order valence-corrected chi connectivity index (χ0v) is 13.3. The van der Waals surface area contributed by atoms with E-state index >= 15 is 0 Å². The van der Waals surface area contributed by atoms with Gasteiger partial charge in [0.15, 0.2) is 0 Å². The fourth-order valence-electron chi connectivity index (χ4n) is 1.70. The summed E-state index contributed by atoms with van der Waals surface area (Å²) in [6.45, 7) is 4.78. The third-order valence-electron chi connectivity index (χ3n) is 2.40. The Hall–Kier alpha value is -1.20. The van der Waals surface area contributed by atoms with E-state index in [1.807, 2.05) is 38.1 Å². The van der Waals surface area contributed by atoms with Gasteiger partial charge < -0.3 is 15.8 Å². The predicted molar refractivity (Wildman–Crippen MR) is 86.0 cm³/mol. The van der Waals surface area contributed by atoms with Crippen LogP contribution in [0.15, 0.2) is 34.1 Å². The van der Waals surface area contributed by atoms with Gasteiger partial charge in [-0.15, -0.1) is 11.3 Å². The second-order valence-corrected chi connectivity index (χ2v) is 7.06. The van der Waals surface area contributed by atoms with E-state index in [1.165, 1.54) is 4.88 Å². The molecule has 2 rings (SSSR count). The number of nitrogens with two attached hydrogens (primary N) is 1. The maximum absolute atomic E-state index is 5.88. The van der Waals surface area contributed by atoms with Gasteiger partial charge in [-0.05, 0) is 48.0 Å². The van der Waals surface area contributed by atoms with Crippen LogP contribution in [-0.4, -0.2) is 6.10 Å². The Balaban J connectivity index is 2.05. The molecular weight excluding hydrogens is 324 g/mol. The quantitative estimate of drug-likeness (QED) is 0.788. The highest BCUT2D eigenvalue weighted by Crippen LogP contribution is 2.26. The van der Waals surface area contributed by atoms with Crippen LogP contribution in [0.25, 0.3) is 0 Å². The second-order valence-electron chi connectivity index (χ2n) is 4.52. The van der Waals surface area contributed by atoms with E-state index in [1.54, 1.807) is 11.3 Å². The van der Waals surface area contributed by atoms with Gasteiger partial charge in [0.2, 0.25) is 0 Å². The number of halogens is 1. The van der Waals surface area contributed by atoms with E-state index < -0.39 is 0 Å². The molecule has 0 saturated carbocycles. The molecular formula is C14H17BrN2OS. The summed E-state index contributed by atoms with van der Waals surface area (Å²) in [5.74, 6) is 0.796. The molecule has 3 N–H and O–H groups in total. The second kappa shape index (κ2) is 6.30. The number of hydrogen-bond donors (Lipinski definition) is 2. The summed E-state index contributed by atoms with van der Waals surface area (Å²) in [7, 11) is 0. The van der Waals surface area contributed by atoms with Gasteiger partial charge in [0.05, 0.1) is 9.89 Å². The van der Waals surface area contributed by atoms with Crippen LogP contribution >= 0.6 is 27.3 Å². The average Bonchev–Trinajstić information content (AvgIpc) is 2.71. The molecule has 0 aliphatic heterocycles. The van der Waals surface area contributed by atoms with E-state index in [-0.39, 0.29) is 6.10 Å². The summed E-state index contributed by atoms with van der Waals surface area (Å²) in [6, 6.07) is 9.87. The smallest absolute Gasteiger partial charge is 0.123 e. The first-order valence-corrected chi connectivity index (χ1v) is 7.69. The van der Waals surface area contributed by atoms with Crippen molar-refractivity contribution in [2.45, 2.75) is 26.5 Å². The molecule has 0 unspecified atom stereocenters. The topological polar surface area (TPSA) is 47.3 Å². The van der Waals surface area contributed by atoms with E-state index in [0.29, 0.717) is 5.69 Å². The normalized spacial score (nSPS) is 10.7. The highest BCUT2D eigenvalue weighted by atomic mass is 79.9. The van der Waals surface area contributed by atoms with Crippen molar-refractivity contribution in [3.8, 4) is 5.75 Å². The Morgan fingerprint density at radius 2 is 2.11 bits per heavy atom. The Morgan fingerprint density at radius 3 is 2.74 bits per heavy atom. The molecule has 0 aliphatic carbocycles. The first kappa shape index (κ1) is 14.2. The molecule has 5 heteroatoms. The lowest BCUT2D eigenvalue weighted by atomic mass is 10.2. The third-order valence-corrected chi connectivity index (χ3v) is 4.02. The van der Waals surface area contributed by atoms with Crippen molar-refractivity contribution in [3.05, 3.63) is 39.0 Å². The summed E-state index contributed by atoms with van der Waals surface area (Å²) in [6.07, 6.45) is 0.142. The van der Waals surface area contributed by atoms with Crippen LogP contribution in [0.1, 0.15) is 18.7 Å². The van der Waals surface area contributed by atoms with Gasteiger partial charge in [-0.25, -0.2) is 0 Å². The Bertz CT molecular complexity index is 554. The zero-order chi connectivity index (χ0) is 13.8. The summed E-state index contributed by atoms with van der Waals surface area (Å²) >= 11 is 5.18. The molecule has 1 aromatic heterocycles. The molecule has 19 heavy (non-hydrogen) atoms. The number of anilines is 2. The van der Waals surface area contributed by atoms with Crippen LogP contribution in [0, 0.1) is 0 Å². The zero-order valence-electron chi connectivity index (χ0n) is 10.9. The van der Waals surface area contributed by atoms with Crippen LogP contribution < -0.4 is 15.8 Å². The molecule has 0 amide bonds. The van der Waals surface area contributed by atoms with Gasteiger partial charge in [-0.3, -0.25) is 0 Å². The number of nitrogen functional groups attached to an aromatic ring is 1. The highest BCUT2D eigenvalue weighted by molar-refractivity contribution is 9.11. The molecule has 3 nitrogen and oxygen atoms in total. The maximum atomic E-state index is 5.88. The Kier molecular flexibility index (Phi) is 4.71. The van der Waals surface area contributed by atoms with Crippen LogP contribution in [0.5, 0.6) is 5.75 Å². The average molecular weight is 341 g/mol. The monoisotopic (exact) mass is 340 g/mol. The number of ether oxygens (including phenoxy) is 1. The lowest BCUT2D eigenvalue weighted by molar-refractivity contribution is 0.242. The minimum Gasteiger partial charge on any atom is -0.491 e. The van der Waals surface area contributed by atoms with Crippen molar-refractivity contribution in [2.75, 3.05) is 11.1 Å². The fourth-order valence-corrected chi connectivity index (χ4v) is 3.12. The highest BCUT2D eigenvalue weighted by Gasteiger charge is 2.03. The van der Waals surface area contributed by atoms with Gasteiger partial charge in [0, 0.05) is 34.9 Å². The molecule has 2 aromatic rings. The number of rotatable bonds is 5. The van der Waals surface area contributed by atoms with Crippen molar-refractivity contribution in [1.82, 2.24) is 0 Å². The third kappa shape index (κ3) is 4.44. The standard InChI is InChI=1S/C14H17BrN2OS/c1-9(2)18-12-6-10(16)5-11(7-12)17-8-13-3-4-14(15)19-13/h3-7,9,17H,8,16H2,1-2H3. The van der Waals surface area contributed by atoms with E-state index in [9.17, 15) is 0 Å². The van der Waals surface area contributed by atoms with E-state index in [2.05, 4.69) is 27.3 Å². The van der Waals surface area contributed by atoms with Crippen LogP contribution in [0.4, 0.5) is 11.4 Å². The Morgan fingerprint density at radius 1 is 1.32 bits per heavy atom. The molecule has 1 heterocycles. The molecule has 0 radical (unpaired) electrons. The van der Waals surface area contributed by atoms with E-state index in [4.69, 9.17) is 10.5 Å². The fraction of sp³-hybridized carbons (Fsp3) is 0.286. The minimum atomic E-state index is 0.142. The van der Waals surface area contributed by atoms with Crippen LogP contribution in [0.2, 0.25) is 0 Å². The number of thiophene rings is 1. The van der Waals surface area contributed by atoms with Gasteiger partial charge in [-0.1, -0.05) is 0 Å². The van der Waals surface area contributed by atoms with Crippen molar-refractivity contribution in [2.24, 2.45) is 0 Å². The molecule has 0 atom stereocenters. The Labute approximate surface area is 125 Å². The summed E-state index contributed by atoms with van der Waals surface area (Å²) in [5, 5.41) is 3.36. The van der Waals surface area contributed by atoms with Gasteiger partial charge >= 0.3 is 0 Å². The van der Waals surface area contributed by atoms with Crippen molar-refractivity contribution < 1.29 is 4.74 Å². The van der Waals surface area contributed by atoms with Crippen molar-refractivity contribution in [3.63, 3.8) is 0 Å². The first-order valence-electron chi connectivity index (χ1n) is 6.08. The van der Waals surface area contributed by atoms with Gasteiger partial charge in [0.25, 0.3) is 0 Å². The molecule has 0 fully saturated rings. The van der Waals surface area contributed by atoms with Crippen LogP contribution in [-0.2, 0) is 6.54 Å². The largest absolute Gasteiger partial charge is 0.491 e. The number of nitrogens with one attached hydrogen (secondary N) is 1. The van der Waals surface area contributed by atoms with Gasteiger partial charge in [-0.2, -0.15) is 0 Å². The molecule has 0 aliphatic rings. The SMILES string of the molecule is CC(C)Oc1cc(N)cc(NCc2ccc(Br)s2)c1. The number of hydrogen-bond acceptors (Lipinski definition) is 4. The lowest BCUT2D eigenvalue weighted by Gasteiger charge is -2.13. The molecule has 0 saturated heterocycles. The lowest BCUT2D eigenvalue weighted by Crippen LogP contribution is -2.06. The molecule has 102 valence electrons. The summed E-state index contributed by atoms with van der Waals surface area (Å²) in [5.41, 5.74) is 7.56. The predicted octanol–water partition coefficient (Wildman–Crippen LogP) is 4.49. The van der Waals surface area contributed by atoms with Crippen LogP contribution in [0.3, 0.4) is 0 Å². The molecule has 0 bridgehead atoms. The number of benzene rings is 1. The van der Waals surface area contributed by atoms with Crippen molar-refractivity contribution >= 4 is 38.6 Å². The van der Waals surface area contributed by atoms with Crippen molar-refractivity contribution in [1.29, 1.82) is 0 Å². The minimum absolute atomic E-state index is 0.142. The summed E-state index contributed by atoms with van der Waals surface area (Å²) < 4.78 is 6.81. The first-order chi connectivity index (χ1) is 9.02. The molecule has 0 spiro atoms. The van der Waals surface area contributed by atoms with E-state index in [0.717, 1.165) is 21.8 Å². The maximum Gasteiger partial charge on any atom is 0.123 e. The molecule has 1 aromatic carbocycles. The van der Waals surface area contributed by atoms with Gasteiger partial charge in [0.1, 0.15) is 5.75 Å².